The van der Waals surface area contributed by atoms with Gasteiger partial charge in [-0.2, -0.15) is 13.2 Å². The number of thioether (sulfide) groups is 1. The average Bonchev–Trinajstić information content (AvgIpc) is 2.81. The fourth-order valence-corrected chi connectivity index (χ4v) is 2.95. The fraction of sp³-hybridized carbons (Fsp3) is 0.357. The molecule has 0 atom stereocenters. The van der Waals surface area contributed by atoms with Gasteiger partial charge in [-0.3, -0.25) is 4.79 Å². The summed E-state index contributed by atoms with van der Waals surface area (Å²) in [5.74, 6) is 0.309. The Morgan fingerprint density at radius 3 is 2.74 bits per heavy atom. The van der Waals surface area contributed by atoms with Crippen LogP contribution in [0.2, 0.25) is 0 Å². The maximum atomic E-state index is 12.2. The predicted octanol–water partition coefficient (Wildman–Crippen LogP) is 3.27. The van der Waals surface area contributed by atoms with Crippen LogP contribution < -0.4 is 5.32 Å². The van der Waals surface area contributed by atoms with Gasteiger partial charge in [0.25, 0.3) is 5.91 Å². The van der Waals surface area contributed by atoms with E-state index in [2.05, 4.69) is 10.1 Å². The summed E-state index contributed by atoms with van der Waals surface area (Å²) < 4.78 is 41.7. The van der Waals surface area contributed by atoms with Crippen LogP contribution in [0.3, 0.4) is 0 Å². The lowest BCUT2D eigenvalue weighted by Crippen LogP contribution is -2.34. The van der Waals surface area contributed by atoms with Crippen molar-refractivity contribution in [3.05, 3.63) is 40.9 Å². The first-order chi connectivity index (χ1) is 10.8. The Hall–Kier alpha value is -2.03. The van der Waals surface area contributed by atoms with Crippen molar-refractivity contribution in [1.82, 2.24) is 15.5 Å². The maximum Gasteiger partial charge on any atom is 0.405 e. The molecule has 0 aliphatic carbocycles. The molecule has 0 fully saturated rings. The Morgan fingerprint density at radius 2 is 2.13 bits per heavy atom. The van der Waals surface area contributed by atoms with Gasteiger partial charge in [0.05, 0.1) is 11.3 Å². The zero-order valence-electron chi connectivity index (χ0n) is 12.4. The van der Waals surface area contributed by atoms with Crippen LogP contribution in [0.1, 0.15) is 27.4 Å². The van der Waals surface area contributed by atoms with Crippen LogP contribution in [0, 0.1) is 13.8 Å². The van der Waals surface area contributed by atoms with E-state index in [-0.39, 0.29) is 5.56 Å². The lowest BCUT2D eigenvalue weighted by molar-refractivity contribution is -0.123. The molecule has 23 heavy (non-hydrogen) atoms. The molecule has 0 spiro atoms. The number of aromatic nitrogens is 2. The number of carbonyl (C=O) groups is 1. The molecular weight excluding hydrogens is 331 g/mol. The minimum absolute atomic E-state index is 0.105. The molecule has 1 N–H and O–H groups in total. The largest absolute Gasteiger partial charge is 0.405 e. The number of alkyl halides is 3. The van der Waals surface area contributed by atoms with E-state index in [9.17, 15) is 18.0 Å². The van der Waals surface area contributed by atoms with Crippen molar-refractivity contribution in [2.24, 2.45) is 0 Å². The highest BCUT2D eigenvalue weighted by atomic mass is 32.2. The number of nitrogens with zero attached hydrogens (tertiary/aromatic N) is 2. The Kier molecular flexibility index (Phi) is 5.30. The number of hydrogen-bond acceptors (Lipinski definition) is 5. The molecule has 0 aromatic carbocycles. The lowest BCUT2D eigenvalue weighted by atomic mass is 10.2. The second-order valence-electron chi connectivity index (χ2n) is 4.75. The molecule has 0 radical (unpaired) electrons. The summed E-state index contributed by atoms with van der Waals surface area (Å²) in [6, 6.07) is 2.94. The summed E-state index contributed by atoms with van der Waals surface area (Å²) in [7, 11) is 0. The molecule has 2 aromatic rings. The first kappa shape index (κ1) is 17.3. The van der Waals surface area contributed by atoms with Crippen LogP contribution in [0.15, 0.2) is 27.9 Å². The van der Waals surface area contributed by atoms with Gasteiger partial charge in [0.1, 0.15) is 17.3 Å². The number of amides is 1. The van der Waals surface area contributed by atoms with E-state index < -0.39 is 18.6 Å². The normalized spacial score (nSPS) is 11.5. The third-order valence-corrected chi connectivity index (χ3v) is 4.03. The highest BCUT2D eigenvalue weighted by Crippen LogP contribution is 2.27. The summed E-state index contributed by atoms with van der Waals surface area (Å²) >= 11 is 1.24. The topological polar surface area (TPSA) is 68.0 Å². The zero-order valence-corrected chi connectivity index (χ0v) is 13.2. The SMILES string of the molecule is Cc1noc(C)c1CSc1ncccc1C(=O)NCC(F)(F)F. The zero-order chi connectivity index (χ0) is 17.0. The van der Waals surface area contributed by atoms with E-state index >= 15 is 0 Å². The molecule has 0 aliphatic heterocycles. The van der Waals surface area contributed by atoms with E-state index in [4.69, 9.17) is 4.52 Å². The van der Waals surface area contributed by atoms with Crippen LogP contribution in [0.4, 0.5) is 13.2 Å². The molecule has 0 unspecified atom stereocenters. The molecule has 1 amide bonds. The van der Waals surface area contributed by atoms with E-state index in [1.807, 2.05) is 5.32 Å². The number of nitrogens with one attached hydrogen (secondary N) is 1. The number of rotatable bonds is 5. The van der Waals surface area contributed by atoms with Gasteiger partial charge in [-0.25, -0.2) is 4.98 Å². The van der Waals surface area contributed by atoms with Gasteiger partial charge < -0.3 is 9.84 Å². The molecule has 9 heteroatoms. The third-order valence-electron chi connectivity index (χ3n) is 3.00. The Balaban J connectivity index is 2.10. The average molecular weight is 345 g/mol. The van der Waals surface area contributed by atoms with E-state index in [1.165, 1.54) is 30.1 Å². The minimum Gasteiger partial charge on any atom is -0.361 e. The quantitative estimate of drug-likeness (QED) is 0.843. The van der Waals surface area contributed by atoms with E-state index in [1.54, 1.807) is 13.8 Å². The van der Waals surface area contributed by atoms with Crippen molar-refractivity contribution in [3.63, 3.8) is 0 Å². The number of aryl methyl sites for hydroxylation is 2. The molecule has 0 bridgehead atoms. The number of hydrogen-bond donors (Lipinski definition) is 1. The van der Waals surface area contributed by atoms with Gasteiger partial charge in [-0.05, 0) is 26.0 Å². The Morgan fingerprint density at radius 1 is 1.39 bits per heavy atom. The second kappa shape index (κ2) is 7.03. The predicted molar refractivity (Wildman–Crippen MR) is 78.2 cm³/mol. The van der Waals surface area contributed by atoms with Crippen molar-refractivity contribution in [2.45, 2.75) is 30.8 Å². The molecule has 5 nitrogen and oxygen atoms in total. The van der Waals surface area contributed by atoms with Crippen molar-refractivity contribution in [3.8, 4) is 0 Å². The summed E-state index contributed by atoms with van der Waals surface area (Å²) in [5.41, 5.74) is 1.71. The van der Waals surface area contributed by atoms with Crippen molar-refractivity contribution >= 4 is 17.7 Å². The van der Waals surface area contributed by atoms with Crippen LogP contribution in [-0.2, 0) is 5.75 Å². The van der Waals surface area contributed by atoms with Gasteiger partial charge in [0.2, 0.25) is 0 Å². The highest BCUT2D eigenvalue weighted by Gasteiger charge is 2.28. The standard InChI is InChI=1S/C14H14F3N3O2S/c1-8-11(9(2)22-20-8)6-23-13-10(4-3-5-18-13)12(21)19-7-14(15,16)17/h3-5H,6-7H2,1-2H3,(H,19,21). The molecule has 0 saturated heterocycles. The van der Waals surface area contributed by atoms with Gasteiger partial charge in [0, 0.05) is 17.5 Å². The van der Waals surface area contributed by atoms with Crippen LogP contribution in [0.5, 0.6) is 0 Å². The molecule has 2 rings (SSSR count). The van der Waals surface area contributed by atoms with E-state index in [0.717, 1.165) is 11.3 Å². The number of pyridine rings is 1. The second-order valence-corrected chi connectivity index (χ2v) is 5.71. The van der Waals surface area contributed by atoms with Crippen molar-refractivity contribution in [2.75, 3.05) is 6.54 Å². The molecule has 124 valence electrons. The van der Waals surface area contributed by atoms with Crippen LogP contribution in [0.25, 0.3) is 0 Å². The monoisotopic (exact) mass is 345 g/mol. The first-order valence-corrected chi connectivity index (χ1v) is 7.61. The summed E-state index contributed by atoms with van der Waals surface area (Å²) in [4.78, 5) is 16.0. The molecule has 2 heterocycles. The smallest absolute Gasteiger partial charge is 0.361 e. The molecule has 2 aromatic heterocycles. The van der Waals surface area contributed by atoms with Crippen molar-refractivity contribution in [1.29, 1.82) is 0 Å². The molecular formula is C14H14F3N3O2S. The summed E-state index contributed by atoms with van der Waals surface area (Å²) in [6.07, 6.45) is -2.97. The van der Waals surface area contributed by atoms with E-state index in [0.29, 0.717) is 16.5 Å². The minimum atomic E-state index is -4.46. The van der Waals surface area contributed by atoms with Crippen molar-refractivity contribution < 1.29 is 22.5 Å². The summed E-state index contributed by atoms with van der Waals surface area (Å²) in [5, 5.41) is 6.03. The van der Waals surface area contributed by atoms with Crippen LogP contribution >= 0.6 is 11.8 Å². The van der Waals surface area contributed by atoms with Gasteiger partial charge in [-0.15, -0.1) is 11.8 Å². The molecule has 0 saturated carbocycles. The summed E-state index contributed by atoms with van der Waals surface area (Å²) in [6.45, 7) is 2.18. The maximum absolute atomic E-state index is 12.2. The number of carbonyl (C=O) groups excluding carboxylic acids is 1. The Labute approximate surface area is 134 Å². The lowest BCUT2D eigenvalue weighted by Gasteiger charge is -2.10. The Bertz CT molecular complexity index is 681. The highest BCUT2D eigenvalue weighted by molar-refractivity contribution is 7.98. The van der Waals surface area contributed by atoms with Gasteiger partial charge >= 0.3 is 6.18 Å². The van der Waals surface area contributed by atoms with Gasteiger partial charge in [-0.1, -0.05) is 5.16 Å². The number of halogens is 3. The molecule has 0 aliphatic rings. The van der Waals surface area contributed by atoms with Crippen LogP contribution in [-0.4, -0.2) is 28.8 Å². The third kappa shape index (κ3) is 4.72. The fourth-order valence-electron chi connectivity index (χ4n) is 1.80. The van der Waals surface area contributed by atoms with Gasteiger partial charge in [0.15, 0.2) is 0 Å². The first-order valence-electron chi connectivity index (χ1n) is 6.62.